The summed E-state index contributed by atoms with van der Waals surface area (Å²) in [5.74, 6) is 0.454. The van der Waals surface area contributed by atoms with E-state index in [1.165, 1.54) is 0 Å². The van der Waals surface area contributed by atoms with Gasteiger partial charge in [-0.2, -0.15) is 0 Å². The van der Waals surface area contributed by atoms with Crippen LogP contribution in [0.15, 0.2) is 34.8 Å². The molecule has 0 radical (unpaired) electrons. The fraction of sp³-hybridized carbons (Fsp3) is 0.471. The molecular weight excluding hydrogens is 328 g/mol. The van der Waals surface area contributed by atoms with Crippen LogP contribution in [0, 0.1) is 5.92 Å². The van der Waals surface area contributed by atoms with Crippen molar-refractivity contribution in [2.24, 2.45) is 5.92 Å². The first-order valence-corrected chi connectivity index (χ1v) is 8.24. The number of nitrogens with zero attached hydrogens (tertiary/aromatic N) is 1. The predicted molar refractivity (Wildman–Crippen MR) is 91.5 cm³/mol. The number of ether oxygens (including phenoxy) is 1. The molecule has 4 heteroatoms. The summed E-state index contributed by atoms with van der Waals surface area (Å²) in [6.45, 7) is 6.07. The van der Waals surface area contributed by atoms with Gasteiger partial charge in [0.25, 0.3) is 0 Å². The average Bonchev–Trinajstić information content (AvgIpc) is 2.50. The first-order valence-electron chi connectivity index (χ1n) is 7.44. The van der Waals surface area contributed by atoms with Gasteiger partial charge in [0.05, 0.1) is 17.3 Å². The van der Waals surface area contributed by atoms with Gasteiger partial charge in [-0.15, -0.1) is 0 Å². The van der Waals surface area contributed by atoms with Crippen LogP contribution in [0.1, 0.15) is 32.0 Å². The highest BCUT2D eigenvalue weighted by Gasteiger charge is 2.22. The molecule has 0 saturated carbocycles. The van der Waals surface area contributed by atoms with Gasteiger partial charge in [0.15, 0.2) is 0 Å². The highest BCUT2D eigenvalue weighted by Crippen LogP contribution is 2.31. The first-order chi connectivity index (χ1) is 10.2. The fourth-order valence-electron chi connectivity index (χ4n) is 2.58. The van der Waals surface area contributed by atoms with Crippen molar-refractivity contribution < 1.29 is 4.74 Å². The topological polar surface area (TPSA) is 34.2 Å². The zero-order valence-electron chi connectivity index (χ0n) is 12.9. The lowest BCUT2D eigenvalue weighted by atomic mass is 9.95. The third-order valence-corrected chi connectivity index (χ3v) is 4.40. The van der Waals surface area contributed by atoms with Gasteiger partial charge < -0.3 is 10.1 Å². The lowest BCUT2D eigenvalue weighted by Crippen LogP contribution is -2.28. The molecule has 0 fully saturated rings. The Morgan fingerprint density at radius 1 is 1.33 bits per heavy atom. The van der Waals surface area contributed by atoms with Gasteiger partial charge in [0.1, 0.15) is 0 Å². The van der Waals surface area contributed by atoms with Gasteiger partial charge in [-0.3, -0.25) is 0 Å². The van der Waals surface area contributed by atoms with Crippen molar-refractivity contribution in [2.45, 2.75) is 26.3 Å². The number of nitrogens with one attached hydrogen (secondary N) is 1. The van der Waals surface area contributed by atoms with E-state index in [1.807, 2.05) is 12.1 Å². The number of hydrogen-bond acceptors (Lipinski definition) is 3. The quantitative estimate of drug-likeness (QED) is 0.807. The van der Waals surface area contributed by atoms with Gasteiger partial charge in [-0.1, -0.05) is 32.0 Å². The van der Waals surface area contributed by atoms with E-state index < -0.39 is 0 Å². The van der Waals surface area contributed by atoms with Crippen molar-refractivity contribution in [1.29, 1.82) is 0 Å². The molecule has 0 spiro atoms. The number of pyridine rings is 1. The molecule has 0 aliphatic rings. The minimum Gasteiger partial charge on any atom is -0.385 e. The molecule has 1 aromatic carbocycles. The summed E-state index contributed by atoms with van der Waals surface area (Å²) in [6.07, 6.45) is 1.01. The number of para-hydroxylation sites is 1. The largest absolute Gasteiger partial charge is 0.385 e. The third kappa shape index (κ3) is 4.02. The molecule has 2 unspecified atom stereocenters. The molecule has 0 saturated heterocycles. The second-order valence-corrected chi connectivity index (χ2v) is 6.20. The van der Waals surface area contributed by atoms with Crippen LogP contribution in [0.25, 0.3) is 10.9 Å². The molecule has 1 heterocycles. The van der Waals surface area contributed by atoms with Crippen molar-refractivity contribution in [3.05, 3.63) is 40.5 Å². The average molecular weight is 351 g/mol. The number of hydrogen-bond donors (Lipinski definition) is 1. The fourth-order valence-corrected chi connectivity index (χ4v) is 3.16. The van der Waals surface area contributed by atoms with Crippen LogP contribution in [0.5, 0.6) is 0 Å². The van der Waals surface area contributed by atoms with Crippen LogP contribution in [-0.2, 0) is 4.74 Å². The van der Waals surface area contributed by atoms with Crippen molar-refractivity contribution in [3.8, 4) is 0 Å². The van der Waals surface area contributed by atoms with E-state index in [0.29, 0.717) is 5.92 Å². The number of aromatic nitrogens is 1. The maximum atomic E-state index is 5.22. The summed E-state index contributed by atoms with van der Waals surface area (Å²) in [7, 11) is 1.75. The van der Waals surface area contributed by atoms with Gasteiger partial charge in [-0.05, 0) is 46.9 Å². The van der Waals surface area contributed by atoms with Gasteiger partial charge in [0, 0.05) is 23.6 Å². The minimum atomic E-state index is 0.226. The Labute approximate surface area is 135 Å². The monoisotopic (exact) mass is 350 g/mol. The summed E-state index contributed by atoms with van der Waals surface area (Å²) >= 11 is 3.69. The lowest BCUT2D eigenvalue weighted by molar-refractivity contribution is 0.170. The number of rotatable bonds is 7. The van der Waals surface area contributed by atoms with Crippen molar-refractivity contribution >= 4 is 26.8 Å². The summed E-state index contributed by atoms with van der Waals surface area (Å²) < 4.78 is 6.28. The molecule has 2 aromatic rings. The molecule has 3 nitrogen and oxygen atoms in total. The zero-order chi connectivity index (χ0) is 15.2. The molecule has 2 rings (SSSR count). The van der Waals surface area contributed by atoms with Gasteiger partial charge >= 0.3 is 0 Å². The van der Waals surface area contributed by atoms with E-state index in [2.05, 4.69) is 53.3 Å². The summed E-state index contributed by atoms with van der Waals surface area (Å²) in [4.78, 5) is 4.87. The number of benzene rings is 1. The number of fused-ring (bicyclic) bond motifs is 1. The van der Waals surface area contributed by atoms with E-state index in [0.717, 1.165) is 40.6 Å². The summed E-state index contributed by atoms with van der Waals surface area (Å²) in [6, 6.07) is 10.6. The SMILES string of the molecule is CCNC(c1nc2ccccc2cc1Br)C(C)CCOC. The van der Waals surface area contributed by atoms with E-state index in [9.17, 15) is 0 Å². The standard InChI is InChI=1S/C17H23BrN2O/c1-4-19-16(12(2)9-10-21-3)17-14(18)11-13-7-5-6-8-15(13)20-17/h5-8,11-12,16,19H,4,9-10H2,1-3H3. The Kier molecular flexibility index (Phi) is 6.15. The Hall–Kier alpha value is -0.970. The Morgan fingerprint density at radius 2 is 2.10 bits per heavy atom. The minimum absolute atomic E-state index is 0.226. The first kappa shape index (κ1) is 16.4. The molecule has 114 valence electrons. The Balaban J connectivity index is 2.36. The highest BCUT2D eigenvalue weighted by atomic mass is 79.9. The van der Waals surface area contributed by atoms with E-state index in [4.69, 9.17) is 9.72 Å². The smallest absolute Gasteiger partial charge is 0.0725 e. The highest BCUT2D eigenvalue weighted by molar-refractivity contribution is 9.10. The van der Waals surface area contributed by atoms with Crippen LogP contribution < -0.4 is 5.32 Å². The molecule has 1 aromatic heterocycles. The molecule has 2 atom stereocenters. The Morgan fingerprint density at radius 3 is 2.81 bits per heavy atom. The number of halogens is 1. The van der Waals surface area contributed by atoms with Crippen molar-refractivity contribution in [3.63, 3.8) is 0 Å². The lowest BCUT2D eigenvalue weighted by Gasteiger charge is -2.25. The van der Waals surface area contributed by atoms with Crippen LogP contribution >= 0.6 is 15.9 Å². The maximum Gasteiger partial charge on any atom is 0.0725 e. The van der Waals surface area contributed by atoms with Crippen LogP contribution in [0.2, 0.25) is 0 Å². The third-order valence-electron chi connectivity index (χ3n) is 3.77. The van der Waals surface area contributed by atoms with E-state index in [1.54, 1.807) is 7.11 Å². The molecule has 0 amide bonds. The summed E-state index contributed by atoms with van der Waals surface area (Å²) in [5.41, 5.74) is 2.12. The van der Waals surface area contributed by atoms with E-state index in [-0.39, 0.29) is 6.04 Å². The van der Waals surface area contributed by atoms with Crippen LogP contribution in [0.4, 0.5) is 0 Å². The van der Waals surface area contributed by atoms with Crippen molar-refractivity contribution in [1.82, 2.24) is 10.3 Å². The van der Waals surface area contributed by atoms with Gasteiger partial charge in [-0.25, -0.2) is 4.98 Å². The molecule has 0 aliphatic carbocycles. The van der Waals surface area contributed by atoms with Crippen molar-refractivity contribution in [2.75, 3.05) is 20.3 Å². The predicted octanol–water partition coefficient (Wildman–Crippen LogP) is 4.32. The maximum absolute atomic E-state index is 5.22. The van der Waals surface area contributed by atoms with E-state index >= 15 is 0 Å². The number of methoxy groups -OCH3 is 1. The zero-order valence-corrected chi connectivity index (χ0v) is 14.5. The molecule has 1 N–H and O–H groups in total. The molecule has 21 heavy (non-hydrogen) atoms. The van der Waals surface area contributed by atoms with Crippen LogP contribution in [-0.4, -0.2) is 25.2 Å². The second-order valence-electron chi connectivity index (χ2n) is 5.34. The second kappa shape index (κ2) is 7.87. The molecular formula is C17H23BrN2O. The van der Waals surface area contributed by atoms with Gasteiger partial charge in [0.2, 0.25) is 0 Å². The molecule has 0 aliphatic heterocycles. The molecule has 0 bridgehead atoms. The summed E-state index contributed by atoms with van der Waals surface area (Å²) in [5, 5.41) is 4.73. The normalized spacial score (nSPS) is 14.3. The Bertz CT molecular complexity index is 588. The van der Waals surface area contributed by atoms with Crippen LogP contribution in [0.3, 0.4) is 0 Å².